The van der Waals surface area contributed by atoms with Gasteiger partial charge >= 0.3 is 0 Å². The van der Waals surface area contributed by atoms with Crippen LogP contribution in [-0.2, 0) is 16.4 Å². The summed E-state index contributed by atoms with van der Waals surface area (Å²) in [4.78, 5) is 2.60. The van der Waals surface area contributed by atoms with Gasteiger partial charge in [-0.3, -0.25) is 4.90 Å². The second-order valence-electron chi connectivity index (χ2n) is 9.11. The van der Waals surface area contributed by atoms with E-state index in [9.17, 15) is 8.42 Å². The van der Waals surface area contributed by atoms with Gasteiger partial charge in [0.05, 0.1) is 12.9 Å². The number of nitrogens with zero attached hydrogens (tertiary/aromatic N) is 2. The maximum atomic E-state index is 12.4. The van der Waals surface area contributed by atoms with E-state index in [1.54, 1.807) is 4.31 Å². The molecule has 0 amide bonds. The molecule has 3 atom stereocenters. The minimum absolute atomic E-state index is 0.153. The number of sulfonamides is 1. The van der Waals surface area contributed by atoms with E-state index < -0.39 is 10.0 Å². The van der Waals surface area contributed by atoms with Gasteiger partial charge in [0.15, 0.2) is 0 Å². The Labute approximate surface area is 176 Å². The zero-order chi connectivity index (χ0) is 20.4. The summed E-state index contributed by atoms with van der Waals surface area (Å²) in [6, 6.07) is 7.07. The molecule has 5 nitrogen and oxygen atoms in total. The van der Waals surface area contributed by atoms with Crippen LogP contribution in [0, 0.1) is 5.92 Å². The van der Waals surface area contributed by atoms with Crippen molar-refractivity contribution in [2.75, 3.05) is 32.5 Å². The fourth-order valence-electron chi connectivity index (χ4n) is 5.61. The molecule has 0 aromatic heterocycles. The van der Waals surface area contributed by atoms with Gasteiger partial charge in [0.2, 0.25) is 10.0 Å². The van der Waals surface area contributed by atoms with E-state index in [1.807, 2.05) is 0 Å². The van der Waals surface area contributed by atoms with Crippen LogP contribution in [-0.4, -0.2) is 56.2 Å². The fourth-order valence-corrected chi connectivity index (χ4v) is 6.82. The molecule has 29 heavy (non-hydrogen) atoms. The van der Waals surface area contributed by atoms with Crippen molar-refractivity contribution in [1.29, 1.82) is 0 Å². The largest absolute Gasteiger partial charge is 0.494 e. The lowest BCUT2D eigenvalue weighted by Crippen LogP contribution is -2.57. The second kappa shape index (κ2) is 8.94. The Hall–Kier alpha value is -1.11. The van der Waals surface area contributed by atoms with Gasteiger partial charge < -0.3 is 4.74 Å². The monoisotopic (exact) mass is 420 g/mol. The average Bonchev–Trinajstić information content (AvgIpc) is 2.70. The number of hydrogen-bond donors (Lipinski definition) is 0. The quantitative estimate of drug-likeness (QED) is 0.626. The van der Waals surface area contributed by atoms with E-state index in [1.165, 1.54) is 36.6 Å². The first-order valence-electron chi connectivity index (χ1n) is 11.4. The van der Waals surface area contributed by atoms with E-state index in [0.717, 1.165) is 57.6 Å². The smallest absolute Gasteiger partial charge is 0.211 e. The van der Waals surface area contributed by atoms with E-state index in [0.29, 0.717) is 18.5 Å². The first kappa shape index (κ1) is 21.1. The van der Waals surface area contributed by atoms with Crippen LogP contribution in [0.15, 0.2) is 18.2 Å². The van der Waals surface area contributed by atoms with Crippen LogP contribution in [0.5, 0.6) is 5.75 Å². The summed E-state index contributed by atoms with van der Waals surface area (Å²) in [6.45, 7) is 5.80. The molecule has 162 valence electrons. The van der Waals surface area contributed by atoms with Gasteiger partial charge in [-0.15, -0.1) is 0 Å². The van der Waals surface area contributed by atoms with Crippen LogP contribution >= 0.6 is 0 Å². The van der Waals surface area contributed by atoms with Crippen LogP contribution in [0.25, 0.3) is 0 Å². The lowest BCUT2D eigenvalue weighted by Gasteiger charge is -2.51. The van der Waals surface area contributed by atoms with Gasteiger partial charge in [0.25, 0.3) is 0 Å². The van der Waals surface area contributed by atoms with Crippen LogP contribution in [0.3, 0.4) is 0 Å². The highest BCUT2D eigenvalue weighted by Crippen LogP contribution is 2.44. The third-order valence-electron chi connectivity index (χ3n) is 7.08. The topological polar surface area (TPSA) is 49.9 Å². The molecule has 6 heteroatoms. The number of benzene rings is 1. The highest BCUT2D eigenvalue weighted by atomic mass is 32.2. The summed E-state index contributed by atoms with van der Waals surface area (Å²) in [6.07, 6.45) is 10.4. The molecule has 0 saturated carbocycles. The normalized spacial score (nSPS) is 27.7. The van der Waals surface area contributed by atoms with E-state index in [4.69, 9.17) is 4.74 Å². The molecule has 0 unspecified atom stereocenters. The minimum atomic E-state index is -3.14. The Morgan fingerprint density at radius 3 is 2.83 bits per heavy atom. The summed E-state index contributed by atoms with van der Waals surface area (Å²) in [5, 5.41) is 0. The van der Waals surface area contributed by atoms with Crippen molar-refractivity contribution in [3.63, 3.8) is 0 Å². The Morgan fingerprint density at radius 2 is 2.03 bits per heavy atom. The zero-order valence-corrected chi connectivity index (χ0v) is 18.8. The molecule has 1 aromatic rings. The Kier molecular flexibility index (Phi) is 6.52. The Bertz CT molecular complexity index is 810. The molecule has 1 aromatic carbocycles. The Morgan fingerprint density at radius 1 is 1.17 bits per heavy atom. The van der Waals surface area contributed by atoms with Gasteiger partial charge in [0.1, 0.15) is 5.75 Å². The molecule has 0 N–H and O–H groups in total. The molecular formula is C23H36N2O3S. The summed E-state index contributed by atoms with van der Waals surface area (Å²) in [5.74, 6) is 1.46. The second-order valence-corrected chi connectivity index (χ2v) is 11.0. The molecule has 0 spiro atoms. The van der Waals surface area contributed by atoms with Crippen molar-refractivity contribution < 1.29 is 13.2 Å². The number of fused-ring (bicyclic) bond motifs is 4. The van der Waals surface area contributed by atoms with Gasteiger partial charge in [-0.05, 0) is 61.3 Å². The molecular weight excluding hydrogens is 384 g/mol. The van der Waals surface area contributed by atoms with E-state index in [2.05, 4.69) is 30.0 Å². The van der Waals surface area contributed by atoms with Crippen molar-refractivity contribution in [2.24, 2.45) is 5.92 Å². The molecule has 0 aliphatic carbocycles. The molecule has 2 saturated heterocycles. The van der Waals surface area contributed by atoms with Crippen molar-refractivity contribution in [2.45, 2.75) is 70.4 Å². The highest BCUT2D eigenvalue weighted by Gasteiger charge is 2.44. The third-order valence-corrected chi connectivity index (χ3v) is 8.38. The van der Waals surface area contributed by atoms with Crippen LogP contribution in [0.1, 0.15) is 69.0 Å². The number of unbranched alkanes of at least 4 members (excludes halogenated alkanes) is 3. The highest BCUT2D eigenvalue weighted by molar-refractivity contribution is 7.88. The fraction of sp³-hybridized carbons (Fsp3) is 0.739. The summed E-state index contributed by atoms with van der Waals surface area (Å²) < 4.78 is 32.5. The maximum absolute atomic E-state index is 12.4. The molecule has 3 aliphatic rings. The standard InChI is InChI=1S/C23H36N2O3S/c1-3-4-5-6-14-28-20-9-10-21-18(15-20)11-13-24-17-19-8-7-12-25(29(2,26)27)22(19)16-23(21)24/h9-10,15,19,22-23H,3-8,11-14,16-17H2,1-2H3/t19-,22+,23+/m1/s1. The Balaban J connectivity index is 1.47. The number of hydrogen-bond acceptors (Lipinski definition) is 4. The molecule has 2 fully saturated rings. The number of piperidine rings is 2. The summed E-state index contributed by atoms with van der Waals surface area (Å²) in [7, 11) is -3.14. The molecule has 3 heterocycles. The predicted molar refractivity (Wildman–Crippen MR) is 117 cm³/mol. The van der Waals surface area contributed by atoms with E-state index in [-0.39, 0.29) is 6.04 Å². The van der Waals surface area contributed by atoms with Crippen molar-refractivity contribution in [3.8, 4) is 5.75 Å². The van der Waals surface area contributed by atoms with Gasteiger partial charge in [-0.25, -0.2) is 8.42 Å². The van der Waals surface area contributed by atoms with Crippen molar-refractivity contribution in [1.82, 2.24) is 9.21 Å². The SMILES string of the molecule is CCCCCCOc1ccc2c(c1)CCN1C[C@H]3CCCN(S(C)(=O)=O)[C@H]3C[C@@H]21. The van der Waals surface area contributed by atoms with Crippen molar-refractivity contribution >= 4 is 10.0 Å². The molecule has 0 bridgehead atoms. The van der Waals surface area contributed by atoms with Gasteiger partial charge in [0, 0.05) is 31.7 Å². The van der Waals surface area contributed by atoms with Crippen LogP contribution < -0.4 is 4.74 Å². The van der Waals surface area contributed by atoms with E-state index >= 15 is 0 Å². The molecule has 4 rings (SSSR count). The summed E-state index contributed by atoms with van der Waals surface area (Å²) >= 11 is 0. The molecule has 3 aliphatic heterocycles. The third kappa shape index (κ3) is 4.64. The molecule has 0 radical (unpaired) electrons. The minimum Gasteiger partial charge on any atom is -0.494 e. The number of ether oxygens (including phenoxy) is 1. The van der Waals surface area contributed by atoms with Gasteiger partial charge in [-0.1, -0.05) is 32.3 Å². The number of rotatable bonds is 7. The maximum Gasteiger partial charge on any atom is 0.211 e. The van der Waals surface area contributed by atoms with Crippen LogP contribution in [0.2, 0.25) is 0 Å². The first-order chi connectivity index (χ1) is 14.0. The first-order valence-corrected chi connectivity index (χ1v) is 13.3. The average molecular weight is 421 g/mol. The zero-order valence-electron chi connectivity index (χ0n) is 18.0. The predicted octanol–water partition coefficient (Wildman–Crippen LogP) is 3.99. The van der Waals surface area contributed by atoms with Crippen LogP contribution in [0.4, 0.5) is 0 Å². The van der Waals surface area contributed by atoms with Crippen molar-refractivity contribution in [3.05, 3.63) is 29.3 Å². The summed E-state index contributed by atoms with van der Waals surface area (Å²) in [5.41, 5.74) is 2.77. The van der Waals surface area contributed by atoms with Gasteiger partial charge in [-0.2, -0.15) is 4.31 Å². The lowest BCUT2D eigenvalue weighted by molar-refractivity contribution is 0.0222. The lowest BCUT2D eigenvalue weighted by atomic mass is 9.77.